The van der Waals surface area contributed by atoms with Gasteiger partial charge in [-0.05, 0) is 6.07 Å². The summed E-state index contributed by atoms with van der Waals surface area (Å²) in [6.45, 7) is 0.592. The number of hydrogen-bond acceptors (Lipinski definition) is 5. The van der Waals surface area contributed by atoms with Crippen molar-refractivity contribution < 1.29 is 0 Å². The van der Waals surface area contributed by atoms with Crippen LogP contribution in [0.4, 0.5) is 5.00 Å². The largest absolute Gasteiger partial charge is 0.292 e. The van der Waals surface area contributed by atoms with Crippen molar-refractivity contribution in [2.75, 3.05) is 11.6 Å². The average Bonchev–Trinajstić information content (AvgIpc) is 2.91. The molecule has 2 aromatic rings. The third kappa shape index (κ3) is 1.20. The van der Waals surface area contributed by atoms with E-state index in [0.29, 0.717) is 6.67 Å². The number of nitrogens with zero attached hydrogens (tertiary/aromatic N) is 4. The van der Waals surface area contributed by atoms with Crippen LogP contribution in [-0.2, 0) is 0 Å². The van der Waals surface area contributed by atoms with E-state index in [-0.39, 0.29) is 0 Å². The Balaban J connectivity index is 2.04. The maximum atomic E-state index is 4.30. The molecule has 4 rings (SSSR count). The Labute approximate surface area is 102 Å². The van der Waals surface area contributed by atoms with Crippen molar-refractivity contribution in [2.24, 2.45) is 15.2 Å². The average molecular weight is 240 g/mol. The minimum Gasteiger partial charge on any atom is -0.292 e. The lowest BCUT2D eigenvalue weighted by atomic mass is 10.2. The van der Waals surface area contributed by atoms with E-state index >= 15 is 0 Å². The predicted molar refractivity (Wildman–Crippen MR) is 69.7 cm³/mol. The van der Waals surface area contributed by atoms with E-state index in [1.807, 2.05) is 6.21 Å². The molecule has 0 spiro atoms. The van der Waals surface area contributed by atoms with Gasteiger partial charge in [0.05, 0.1) is 6.20 Å². The number of thiophene rings is 1. The van der Waals surface area contributed by atoms with Crippen LogP contribution < -0.4 is 4.90 Å². The fourth-order valence-electron chi connectivity index (χ4n) is 2.11. The van der Waals surface area contributed by atoms with Gasteiger partial charge in [0, 0.05) is 21.9 Å². The molecule has 3 heterocycles. The van der Waals surface area contributed by atoms with Gasteiger partial charge in [0.2, 0.25) is 0 Å². The Morgan fingerprint density at radius 3 is 3.18 bits per heavy atom. The molecular formula is C12H8N4S. The van der Waals surface area contributed by atoms with E-state index in [1.165, 1.54) is 20.7 Å². The zero-order chi connectivity index (χ0) is 11.2. The first-order valence-corrected chi connectivity index (χ1v) is 6.15. The summed E-state index contributed by atoms with van der Waals surface area (Å²) in [5.41, 5.74) is 1.17. The minimum absolute atomic E-state index is 0.592. The molecule has 82 valence electrons. The molecule has 1 aromatic heterocycles. The van der Waals surface area contributed by atoms with Gasteiger partial charge in [-0.3, -0.25) is 9.89 Å². The first-order valence-electron chi connectivity index (χ1n) is 5.33. The third-order valence-corrected chi connectivity index (χ3v) is 4.12. The van der Waals surface area contributed by atoms with E-state index in [0.717, 1.165) is 5.82 Å². The molecule has 0 bridgehead atoms. The van der Waals surface area contributed by atoms with E-state index in [1.54, 1.807) is 17.5 Å². The maximum Gasteiger partial charge on any atom is 0.176 e. The van der Waals surface area contributed by atoms with Gasteiger partial charge in [-0.25, -0.2) is 0 Å². The molecule has 2 aliphatic heterocycles. The molecule has 0 atom stereocenters. The van der Waals surface area contributed by atoms with Crippen LogP contribution in [-0.4, -0.2) is 12.9 Å². The summed E-state index contributed by atoms with van der Waals surface area (Å²) in [4.78, 5) is 6.41. The fourth-order valence-corrected chi connectivity index (χ4v) is 3.29. The quantitative estimate of drug-likeness (QED) is 0.696. The van der Waals surface area contributed by atoms with E-state index in [4.69, 9.17) is 0 Å². The highest BCUT2D eigenvalue weighted by Crippen LogP contribution is 2.40. The van der Waals surface area contributed by atoms with Crippen LogP contribution in [0.25, 0.3) is 10.1 Å². The molecule has 0 saturated carbocycles. The van der Waals surface area contributed by atoms with Crippen molar-refractivity contribution in [3.8, 4) is 0 Å². The zero-order valence-electron chi connectivity index (χ0n) is 8.87. The van der Waals surface area contributed by atoms with Crippen molar-refractivity contribution in [1.29, 1.82) is 0 Å². The van der Waals surface area contributed by atoms with Crippen LogP contribution in [0, 0.1) is 0 Å². The summed E-state index contributed by atoms with van der Waals surface area (Å²) in [6, 6.07) is 8.38. The van der Waals surface area contributed by atoms with Crippen LogP contribution in [0.1, 0.15) is 5.56 Å². The molecule has 0 aliphatic carbocycles. The summed E-state index contributed by atoms with van der Waals surface area (Å²) >= 11 is 1.76. The summed E-state index contributed by atoms with van der Waals surface area (Å²) < 4.78 is 1.28. The smallest absolute Gasteiger partial charge is 0.176 e. The summed E-state index contributed by atoms with van der Waals surface area (Å²) in [6.07, 6.45) is 3.67. The Morgan fingerprint density at radius 1 is 1.24 bits per heavy atom. The lowest BCUT2D eigenvalue weighted by molar-refractivity contribution is 1.02. The van der Waals surface area contributed by atoms with Gasteiger partial charge in [-0.2, -0.15) is 5.11 Å². The van der Waals surface area contributed by atoms with E-state index in [2.05, 4.69) is 44.4 Å². The van der Waals surface area contributed by atoms with Crippen molar-refractivity contribution in [1.82, 2.24) is 0 Å². The summed E-state index contributed by atoms with van der Waals surface area (Å²) in [5, 5.41) is 10.6. The predicted octanol–water partition coefficient (Wildman–Crippen LogP) is 3.36. The van der Waals surface area contributed by atoms with E-state index in [9.17, 15) is 0 Å². The molecule has 0 fully saturated rings. The van der Waals surface area contributed by atoms with Crippen LogP contribution in [0.3, 0.4) is 0 Å². The standard InChI is InChI=1S/C12H8N4S/c1-2-4-10-8(3-1)9-5-13-6-11-15-14-7-16(11)12(9)17-10/h1-6H,7H2. The highest BCUT2D eigenvalue weighted by molar-refractivity contribution is 7.23. The molecule has 1 aromatic carbocycles. The number of rotatable bonds is 0. The lowest BCUT2D eigenvalue weighted by Gasteiger charge is -2.13. The van der Waals surface area contributed by atoms with Crippen molar-refractivity contribution in [3.05, 3.63) is 41.8 Å². The van der Waals surface area contributed by atoms with Gasteiger partial charge < -0.3 is 0 Å². The molecular weight excluding hydrogens is 232 g/mol. The number of benzene rings is 1. The maximum absolute atomic E-state index is 4.30. The highest BCUT2D eigenvalue weighted by atomic mass is 32.1. The first kappa shape index (κ1) is 9.07. The number of hydrogen-bond donors (Lipinski definition) is 0. The Bertz CT molecular complexity index is 696. The molecule has 0 N–H and O–H groups in total. The monoisotopic (exact) mass is 240 g/mol. The van der Waals surface area contributed by atoms with Crippen LogP contribution in [0.2, 0.25) is 0 Å². The van der Waals surface area contributed by atoms with E-state index < -0.39 is 0 Å². The second-order valence-electron chi connectivity index (χ2n) is 3.89. The van der Waals surface area contributed by atoms with Gasteiger partial charge in [0.15, 0.2) is 5.82 Å². The van der Waals surface area contributed by atoms with Crippen LogP contribution in [0.5, 0.6) is 0 Å². The highest BCUT2D eigenvalue weighted by Gasteiger charge is 2.24. The fraction of sp³-hybridized carbons (Fsp3) is 0.0833. The molecule has 0 radical (unpaired) electrons. The summed E-state index contributed by atoms with van der Waals surface area (Å²) in [7, 11) is 0. The molecule has 2 aliphatic rings. The number of aliphatic imine (C=N–C) groups is 1. The van der Waals surface area contributed by atoms with Gasteiger partial charge in [0.25, 0.3) is 0 Å². The van der Waals surface area contributed by atoms with Crippen LogP contribution in [0.15, 0.2) is 51.5 Å². The van der Waals surface area contributed by atoms with Crippen molar-refractivity contribution in [3.63, 3.8) is 0 Å². The second-order valence-corrected chi connectivity index (χ2v) is 4.92. The Morgan fingerprint density at radius 2 is 2.18 bits per heavy atom. The number of azo groups is 1. The van der Waals surface area contributed by atoms with Gasteiger partial charge >= 0.3 is 0 Å². The second kappa shape index (κ2) is 3.24. The first-order chi connectivity index (χ1) is 8.43. The molecule has 0 amide bonds. The van der Waals surface area contributed by atoms with Crippen molar-refractivity contribution in [2.45, 2.75) is 0 Å². The third-order valence-electron chi connectivity index (χ3n) is 2.91. The topological polar surface area (TPSA) is 40.3 Å². The number of fused-ring (bicyclic) bond motifs is 5. The molecule has 0 unspecified atom stereocenters. The normalized spacial score (nSPS) is 16.9. The van der Waals surface area contributed by atoms with Gasteiger partial charge in [-0.15, -0.1) is 16.5 Å². The lowest BCUT2D eigenvalue weighted by Crippen LogP contribution is -2.15. The van der Waals surface area contributed by atoms with Crippen LogP contribution >= 0.6 is 11.3 Å². The molecule has 17 heavy (non-hydrogen) atoms. The molecule has 5 heteroatoms. The zero-order valence-corrected chi connectivity index (χ0v) is 9.68. The van der Waals surface area contributed by atoms with Crippen molar-refractivity contribution >= 4 is 32.6 Å². The SMILES string of the molecule is C1=NC=C2N=NCN2c2sc3ccccc3c21. The minimum atomic E-state index is 0.592. The molecule has 0 saturated heterocycles. The van der Waals surface area contributed by atoms with Gasteiger partial charge in [0.1, 0.15) is 11.7 Å². The number of anilines is 1. The Hall–Kier alpha value is -2.01. The summed E-state index contributed by atoms with van der Waals surface area (Å²) in [5.74, 6) is 0.826. The van der Waals surface area contributed by atoms with Gasteiger partial charge in [-0.1, -0.05) is 18.2 Å². The Kier molecular flexibility index (Phi) is 1.73. The molecule has 4 nitrogen and oxygen atoms in total.